The number of nitrogens with zero attached hydrogens (tertiary/aromatic N) is 1. The van der Waals surface area contributed by atoms with Crippen molar-refractivity contribution >= 4 is 5.97 Å². The summed E-state index contributed by atoms with van der Waals surface area (Å²) >= 11 is 0. The molecule has 6 nitrogen and oxygen atoms in total. The Balaban J connectivity index is 2.76. The lowest BCUT2D eigenvalue weighted by Gasteiger charge is -2.40. The van der Waals surface area contributed by atoms with Gasteiger partial charge in [0.15, 0.2) is 0 Å². The molecule has 0 unspecified atom stereocenters. The number of rotatable bonds is 17. The van der Waals surface area contributed by atoms with E-state index in [0.717, 1.165) is 25.0 Å². The van der Waals surface area contributed by atoms with Crippen LogP contribution < -0.4 is 4.74 Å². The van der Waals surface area contributed by atoms with E-state index in [-0.39, 0.29) is 26.1 Å². The highest BCUT2D eigenvalue weighted by Crippen LogP contribution is 2.26. The topological polar surface area (TPSA) is 90.2 Å². The number of unbranched alkanes of at least 4 members (excludes halogenated alkanes) is 5. The maximum atomic E-state index is 12.1. The second-order valence-corrected chi connectivity index (χ2v) is 7.20. The van der Waals surface area contributed by atoms with Crippen LogP contribution in [0, 0.1) is 0 Å². The fourth-order valence-corrected chi connectivity index (χ4v) is 3.57. The molecule has 160 valence electrons. The van der Waals surface area contributed by atoms with Crippen LogP contribution >= 0.6 is 0 Å². The quantitative estimate of drug-likeness (QED) is 0.351. The highest BCUT2D eigenvalue weighted by atomic mass is 16.5. The zero-order valence-corrected chi connectivity index (χ0v) is 17.2. The molecule has 0 aliphatic heterocycles. The molecule has 0 aliphatic carbocycles. The largest absolute Gasteiger partial charge is 0.492 e. The van der Waals surface area contributed by atoms with E-state index in [4.69, 9.17) is 4.74 Å². The van der Waals surface area contributed by atoms with Crippen LogP contribution in [0.1, 0.15) is 58.3 Å². The van der Waals surface area contributed by atoms with Crippen LogP contribution in [-0.4, -0.2) is 64.6 Å². The highest BCUT2D eigenvalue weighted by Gasteiger charge is 2.43. The van der Waals surface area contributed by atoms with Crippen molar-refractivity contribution in [2.45, 2.75) is 63.8 Å². The second kappa shape index (κ2) is 14.4. The Hall–Kier alpha value is -1.63. The van der Waals surface area contributed by atoms with Crippen molar-refractivity contribution in [1.29, 1.82) is 0 Å². The number of ether oxygens (including phenoxy) is 1. The predicted molar refractivity (Wildman–Crippen MR) is 111 cm³/mol. The van der Waals surface area contributed by atoms with Gasteiger partial charge in [-0.2, -0.15) is 0 Å². The average molecular weight is 396 g/mol. The molecule has 28 heavy (non-hydrogen) atoms. The lowest BCUT2D eigenvalue weighted by Crippen LogP contribution is -2.57. The van der Waals surface area contributed by atoms with E-state index in [9.17, 15) is 20.1 Å². The molecule has 1 aromatic rings. The summed E-state index contributed by atoms with van der Waals surface area (Å²) < 4.78 is 5.77. The van der Waals surface area contributed by atoms with E-state index in [1.54, 1.807) is 0 Å². The van der Waals surface area contributed by atoms with Crippen molar-refractivity contribution in [3.8, 4) is 5.75 Å². The molecule has 1 rings (SSSR count). The minimum absolute atomic E-state index is 0.0874. The minimum Gasteiger partial charge on any atom is -0.492 e. The molecule has 0 aliphatic rings. The Morgan fingerprint density at radius 2 is 1.57 bits per heavy atom. The molecule has 0 radical (unpaired) electrons. The van der Waals surface area contributed by atoms with Crippen LogP contribution in [-0.2, 0) is 4.79 Å². The van der Waals surface area contributed by atoms with Gasteiger partial charge < -0.3 is 20.1 Å². The van der Waals surface area contributed by atoms with E-state index < -0.39 is 11.5 Å². The second-order valence-electron chi connectivity index (χ2n) is 7.20. The van der Waals surface area contributed by atoms with Gasteiger partial charge in [0.2, 0.25) is 0 Å². The number of carboxylic acids is 1. The summed E-state index contributed by atoms with van der Waals surface area (Å²) in [5.41, 5.74) is -1.27. The predicted octanol–water partition coefficient (Wildman–Crippen LogP) is 3.32. The smallest absolute Gasteiger partial charge is 0.324 e. The van der Waals surface area contributed by atoms with Gasteiger partial charge in [-0.3, -0.25) is 9.69 Å². The summed E-state index contributed by atoms with van der Waals surface area (Å²) in [5.74, 6) is -0.256. The Bertz CT molecular complexity index is 517. The molecular formula is C22H37NO5. The molecular weight excluding hydrogens is 358 g/mol. The number of hydrogen-bond acceptors (Lipinski definition) is 5. The minimum atomic E-state index is -1.27. The zero-order valence-electron chi connectivity index (χ0n) is 17.2. The summed E-state index contributed by atoms with van der Waals surface area (Å²) in [6, 6.07) is 9.43. The number of aliphatic hydroxyl groups excluding tert-OH is 2. The Kier molecular flexibility index (Phi) is 12.5. The number of carbonyl (C=O) groups is 1. The first kappa shape index (κ1) is 24.4. The summed E-state index contributed by atoms with van der Waals surface area (Å²) in [4.78, 5) is 14.0. The van der Waals surface area contributed by atoms with Crippen molar-refractivity contribution in [2.75, 3.05) is 32.9 Å². The van der Waals surface area contributed by atoms with Gasteiger partial charge in [-0.25, -0.2) is 0 Å². The van der Waals surface area contributed by atoms with Crippen LogP contribution in [0.25, 0.3) is 0 Å². The SMILES string of the molecule is CCCCCCCCN(CCOc1ccccc1)C(CCO)(CCO)C(=O)O. The first-order valence-electron chi connectivity index (χ1n) is 10.5. The monoisotopic (exact) mass is 395 g/mol. The number of hydrogen-bond donors (Lipinski definition) is 3. The van der Waals surface area contributed by atoms with Gasteiger partial charge >= 0.3 is 5.97 Å². The van der Waals surface area contributed by atoms with Crippen LogP contribution in [0.3, 0.4) is 0 Å². The molecule has 3 N–H and O–H groups in total. The third kappa shape index (κ3) is 8.17. The number of para-hydroxylation sites is 1. The van der Waals surface area contributed by atoms with E-state index in [1.165, 1.54) is 19.3 Å². The molecule has 0 saturated carbocycles. The molecule has 0 heterocycles. The zero-order chi connectivity index (χ0) is 20.7. The average Bonchev–Trinajstić information content (AvgIpc) is 2.69. The maximum Gasteiger partial charge on any atom is 0.324 e. The van der Waals surface area contributed by atoms with Crippen molar-refractivity contribution in [2.24, 2.45) is 0 Å². The number of benzene rings is 1. The molecule has 6 heteroatoms. The molecule has 0 saturated heterocycles. The fraction of sp³-hybridized carbons (Fsp3) is 0.682. The molecule has 1 aromatic carbocycles. The normalized spacial score (nSPS) is 11.7. The molecule has 0 aromatic heterocycles. The van der Waals surface area contributed by atoms with Gasteiger partial charge in [-0.1, -0.05) is 57.2 Å². The third-order valence-electron chi connectivity index (χ3n) is 5.21. The van der Waals surface area contributed by atoms with E-state index >= 15 is 0 Å². The number of aliphatic carboxylic acids is 1. The Labute approximate surface area is 169 Å². The van der Waals surface area contributed by atoms with Crippen molar-refractivity contribution in [3.63, 3.8) is 0 Å². The van der Waals surface area contributed by atoms with Gasteiger partial charge in [-0.05, 0) is 37.9 Å². The lowest BCUT2D eigenvalue weighted by atomic mass is 9.89. The van der Waals surface area contributed by atoms with Crippen LogP contribution in [0.5, 0.6) is 5.75 Å². The molecule has 0 amide bonds. The maximum absolute atomic E-state index is 12.1. The first-order chi connectivity index (χ1) is 13.6. The fourth-order valence-electron chi connectivity index (χ4n) is 3.57. The van der Waals surface area contributed by atoms with Crippen molar-refractivity contribution < 1.29 is 24.9 Å². The van der Waals surface area contributed by atoms with Gasteiger partial charge in [0, 0.05) is 19.8 Å². The van der Waals surface area contributed by atoms with Gasteiger partial charge in [0.05, 0.1) is 0 Å². The number of carboxylic acid groups (broad SMARTS) is 1. The summed E-state index contributed by atoms with van der Waals surface area (Å²) in [6.45, 7) is 3.09. The van der Waals surface area contributed by atoms with E-state index in [2.05, 4.69) is 6.92 Å². The van der Waals surface area contributed by atoms with Gasteiger partial charge in [-0.15, -0.1) is 0 Å². The van der Waals surface area contributed by atoms with Crippen LogP contribution in [0.4, 0.5) is 0 Å². The molecule has 0 fully saturated rings. The molecule has 0 bridgehead atoms. The Morgan fingerprint density at radius 1 is 0.964 bits per heavy atom. The van der Waals surface area contributed by atoms with Crippen LogP contribution in [0.2, 0.25) is 0 Å². The standard InChI is InChI=1S/C22H37NO5/c1-2-3-4-5-6-10-15-23(16-19-28-20-11-8-7-9-12-20)22(13-17-24,14-18-25)21(26)27/h7-9,11-12,24-25H,2-6,10,13-19H2,1H3,(H,26,27). The van der Waals surface area contributed by atoms with Gasteiger partial charge in [0.25, 0.3) is 0 Å². The first-order valence-corrected chi connectivity index (χ1v) is 10.5. The summed E-state index contributed by atoms with van der Waals surface area (Å²) in [7, 11) is 0. The van der Waals surface area contributed by atoms with Crippen LogP contribution in [0.15, 0.2) is 30.3 Å². The third-order valence-corrected chi connectivity index (χ3v) is 5.21. The Morgan fingerprint density at radius 3 is 2.14 bits per heavy atom. The van der Waals surface area contributed by atoms with Crippen molar-refractivity contribution in [3.05, 3.63) is 30.3 Å². The van der Waals surface area contributed by atoms with E-state index in [1.807, 2.05) is 35.2 Å². The lowest BCUT2D eigenvalue weighted by molar-refractivity contribution is -0.155. The van der Waals surface area contributed by atoms with Crippen molar-refractivity contribution in [1.82, 2.24) is 4.90 Å². The van der Waals surface area contributed by atoms with E-state index in [0.29, 0.717) is 19.7 Å². The summed E-state index contributed by atoms with van der Waals surface area (Å²) in [5, 5.41) is 28.9. The molecule has 0 spiro atoms. The molecule has 0 atom stereocenters. The van der Waals surface area contributed by atoms with Gasteiger partial charge in [0.1, 0.15) is 17.9 Å². The highest BCUT2D eigenvalue weighted by molar-refractivity contribution is 5.78. The summed E-state index contributed by atoms with van der Waals surface area (Å²) in [6.07, 6.45) is 6.87. The number of aliphatic hydroxyl groups is 2.